The van der Waals surface area contributed by atoms with Crippen LogP contribution in [0.1, 0.15) is 52.8 Å². The number of amides is 2. The van der Waals surface area contributed by atoms with Gasteiger partial charge in [0.25, 0.3) is 17.5 Å². The number of anilines is 1. The third-order valence-corrected chi connectivity index (χ3v) is 5.67. The number of nitrogens with one attached hydrogen (secondary N) is 2. The molecule has 31 heavy (non-hydrogen) atoms. The van der Waals surface area contributed by atoms with Crippen LogP contribution in [0.2, 0.25) is 0 Å². The molecule has 8 nitrogen and oxygen atoms in total. The summed E-state index contributed by atoms with van der Waals surface area (Å²) in [6.07, 6.45) is 5.37. The Labute approximate surface area is 185 Å². The molecule has 0 spiro atoms. The van der Waals surface area contributed by atoms with Crippen LogP contribution in [-0.4, -0.2) is 34.9 Å². The van der Waals surface area contributed by atoms with Crippen LogP contribution in [-0.2, 0) is 0 Å². The van der Waals surface area contributed by atoms with Gasteiger partial charge in [-0.3, -0.25) is 25.0 Å². The first kappa shape index (κ1) is 22.4. The van der Waals surface area contributed by atoms with Crippen LogP contribution in [0.5, 0.6) is 0 Å². The number of rotatable bonds is 5. The summed E-state index contributed by atoms with van der Waals surface area (Å²) >= 11 is 5.36. The van der Waals surface area contributed by atoms with Crippen LogP contribution in [0.25, 0.3) is 0 Å². The molecule has 9 heteroatoms. The minimum absolute atomic E-state index is 0.0782. The van der Waals surface area contributed by atoms with Crippen molar-refractivity contribution in [1.82, 2.24) is 10.6 Å². The van der Waals surface area contributed by atoms with Crippen molar-refractivity contribution < 1.29 is 14.5 Å². The number of carbonyl (C=O) groups is 2. The van der Waals surface area contributed by atoms with Gasteiger partial charge in [-0.1, -0.05) is 37.5 Å². The van der Waals surface area contributed by atoms with Gasteiger partial charge in [0.15, 0.2) is 5.11 Å². The first-order chi connectivity index (χ1) is 14.9. The zero-order valence-electron chi connectivity index (χ0n) is 17.2. The molecule has 2 N–H and O–H groups in total. The third-order valence-electron chi connectivity index (χ3n) is 5.29. The van der Waals surface area contributed by atoms with E-state index in [1.165, 1.54) is 30.7 Å². The predicted molar refractivity (Wildman–Crippen MR) is 122 cm³/mol. The molecule has 2 aromatic carbocycles. The van der Waals surface area contributed by atoms with Crippen molar-refractivity contribution in [2.75, 3.05) is 11.9 Å². The smallest absolute Gasteiger partial charge is 0.270 e. The van der Waals surface area contributed by atoms with Crippen LogP contribution >= 0.6 is 12.2 Å². The van der Waals surface area contributed by atoms with Gasteiger partial charge in [0.2, 0.25) is 0 Å². The van der Waals surface area contributed by atoms with Crippen LogP contribution in [0.3, 0.4) is 0 Å². The summed E-state index contributed by atoms with van der Waals surface area (Å²) in [7, 11) is 1.66. The molecule has 0 aliphatic heterocycles. The van der Waals surface area contributed by atoms with E-state index >= 15 is 0 Å². The maximum atomic E-state index is 12.9. The first-order valence-corrected chi connectivity index (χ1v) is 10.5. The molecule has 1 aliphatic carbocycles. The highest BCUT2D eigenvalue weighted by Gasteiger charge is 2.22. The van der Waals surface area contributed by atoms with E-state index in [4.69, 9.17) is 12.2 Å². The Morgan fingerprint density at radius 1 is 1.06 bits per heavy atom. The molecule has 0 heterocycles. The molecule has 3 rings (SSSR count). The summed E-state index contributed by atoms with van der Waals surface area (Å²) in [4.78, 5) is 37.3. The summed E-state index contributed by atoms with van der Waals surface area (Å²) in [5, 5.41) is 16.7. The fraction of sp³-hybridized carbons (Fsp3) is 0.318. The second-order valence-corrected chi connectivity index (χ2v) is 7.84. The lowest BCUT2D eigenvalue weighted by atomic mass is 9.95. The molecule has 1 aliphatic rings. The SMILES string of the molecule is CN(C(=S)NC(=O)c1cccc([N+](=O)[O-])c1)c1ccccc1C(=O)NC1CCCCC1. The molecule has 2 amide bonds. The van der Waals surface area contributed by atoms with E-state index in [-0.39, 0.29) is 28.3 Å². The molecule has 0 aromatic heterocycles. The fourth-order valence-electron chi connectivity index (χ4n) is 3.59. The van der Waals surface area contributed by atoms with Crippen molar-refractivity contribution in [2.45, 2.75) is 38.1 Å². The van der Waals surface area contributed by atoms with Crippen molar-refractivity contribution in [3.8, 4) is 0 Å². The molecule has 0 radical (unpaired) electrons. The molecule has 1 saturated carbocycles. The minimum Gasteiger partial charge on any atom is -0.349 e. The Balaban J connectivity index is 1.72. The van der Waals surface area contributed by atoms with Crippen LogP contribution in [0.4, 0.5) is 11.4 Å². The summed E-state index contributed by atoms with van der Waals surface area (Å²) < 4.78 is 0. The van der Waals surface area contributed by atoms with E-state index in [1.807, 2.05) is 0 Å². The number of non-ortho nitro benzene ring substituents is 1. The number of nitrogens with zero attached hydrogens (tertiary/aromatic N) is 2. The Hall–Kier alpha value is -3.33. The molecular weight excluding hydrogens is 416 g/mol. The predicted octanol–water partition coefficient (Wildman–Crippen LogP) is 3.81. The van der Waals surface area contributed by atoms with Gasteiger partial charge in [-0.25, -0.2) is 0 Å². The number of hydrogen-bond donors (Lipinski definition) is 2. The number of hydrogen-bond acceptors (Lipinski definition) is 5. The fourth-order valence-corrected chi connectivity index (χ4v) is 3.78. The number of nitro benzene ring substituents is 1. The van der Waals surface area contributed by atoms with Crippen LogP contribution in [0, 0.1) is 10.1 Å². The van der Waals surface area contributed by atoms with E-state index in [2.05, 4.69) is 10.6 Å². The highest BCUT2D eigenvalue weighted by Crippen LogP contribution is 2.22. The van der Waals surface area contributed by atoms with E-state index < -0.39 is 10.8 Å². The van der Waals surface area contributed by atoms with Crippen LogP contribution in [0.15, 0.2) is 48.5 Å². The molecule has 1 fully saturated rings. The molecular formula is C22H24N4O4S. The Bertz CT molecular complexity index is 1000. The molecule has 0 saturated heterocycles. The van der Waals surface area contributed by atoms with Crippen molar-refractivity contribution in [2.24, 2.45) is 0 Å². The number of para-hydroxylation sites is 1. The molecule has 162 valence electrons. The normalized spacial score (nSPS) is 13.8. The van der Waals surface area contributed by atoms with Gasteiger partial charge in [-0.05, 0) is 43.3 Å². The number of benzene rings is 2. The molecule has 0 atom stereocenters. The van der Waals surface area contributed by atoms with Crippen molar-refractivity contribution in [3.63, 3.8) is 0 Å². The first-order valence-electron chi connectivity index (χ1n) is 10.1. The largest absolute Gasteiger partial charge is 0.349 e. The van der Waals surface area contributed by atoms with Crippen molar-refractivity contribution in [1.29, 1.82) is 0 Å². The van der Waals surface area contributed by atoms with Gasteiger partial charge in [0.1, 0.15) is 0 Å². The monoisotopic (exact) mass is 440 g/mol. The second-order valence-electron chi connectivity index (χ2n) is 7.45. The topological polar surface area (TPSA) is 105 Å². The lowest BCUT2D eigenvalue weighted by molar-refractivity contribution is -0.384. The zero-order valence-corrected chi connectivity index (χ0v) is 18.0. The standard InChI is InChI=1S/C22H24N4O4S/c1-25(22(31)24-20(27)15-8-7-11-17(14-15)26(29)30)19-13-6-5-12-18(19)21(28)23-16-9-3-2-4-10-16/h5-8,11-14,16H,2-4,9-10H2,1H3,(H,23,28)(H,24,27,31). The summed E-state index contributed by atoms with van der Waals surface area (Å²) in [6, 6.07) is 12.6. The molecule has 2 aromatic rings. The number of nitro groups is 1. The minimum atomic E-state index is -0.567. The Morgan fingerprint density at radius 3 is 2.48 bits per heavy atom. The van der Waals surface area contributed by atoms with Gasteiger partial charge < -0.3 is 10.2 Å². The van der Waals surface area contributed by atoms with E-state index in [0.717, 1.165) is 25.7 Å². The Kier molecular flexibility index (Phi) is 7.30. The zero-order chi connectivity index (χ0) is 22.4. The average Bonchev–Trinajstić information content (AvgIpc) is 2.79. The average molecular weight is 441 g/mol. The van der Waals surface area contributed by atoms with Gasteiger partial charge in [0, 0.05) is 30.8 Å². The van der Waals surface area contributed by atoms with Crippen LogP contribution < -0.4 is 15.5 Å². The van der Waals surface area contributed by atoms with E-state index in [0.29, 0.717) is 11.3 Å². The summed E-state index contributed by atoms with van der Waals surface area (Å²) in [5.74, 6) is -0.744. The second kappa shape index (κ2) is 10.1. The van der Waals surface area contributed by atoms with Crippen molar-refractivity contribution >= 4 is 40.5 Å². The maximum Gasteiger partial charge on any atom is 0.270 e. The van der Waals surface area contributed by atoms with E-state index in [1.54, 1.807) is 36.2 Å². The highest BCUT2D eigenvalue weighted by molar-refractivity contribution is 7.80. The summed E-state index contributed by atoms with van der Waals surface area (Å²) in [5.41, 5.74) is 0.951. The quantitative estimate of drug-likeness (QED) is 0.416. The van der Waals surface area contributed by atoms with Gasteiger partial charge in [-0.2, -0.15) is 0 Å². The highest BCUT2D eigenvalue weighted by atomic mass is 32.1. The summed E-state index contributed by atoms with van der Waals surface area (Å²) in [6.45, 7) is 0. The Morgan fingerprint density at radius 2 is 1.77 bits per heavy atom. The van der Waals surface area contributed by atoms with E-state index in [9.17, 15) is 19.7 Å². The number of carbonyl (C=O) groups excluding carboxylic acids is 2. The van der Waals surface area contributed by atoms with Gasteiger partial charge >= 0.3 is 0 Å². The molecule has 0 bridgehead atoms. The molecule has 0 unspecified atom stereocenters. The van der Waals surface area contributed by atoms with Gasteiger partial charge in [0.05, 0.1) is 16.2 Å². The maximum absolute atomic E-state index is 12.9. The van der Waals surface area contributed by atoms with Crippen molar-refractivity contribution in [3.05, 3.63) is 69.8 Å². The number of thiocarbonyl (C=S) groups is 1. The van der Waals surface area contributed by atoms with Gasteiger partial charge in [-0.15, -0.1) is 0 Å². The lowest BCUT2D eigenvalue weighted by Gasteiger charge is -2.26. The third kappa shape index (κ3) is 5.64. The lowest BCUT2D eigenvalue weighted by Crippen LogP contribution is -2.42.